The van der Waals surface area contributed by atoms with Gasteiger partial charge in [-0.2, -0.15) is 0 Å². The molecule has 0 aromatic carbocycles. The summed E-state index contributed by atoms with van der Waals surface area (Å²) in [6.45, 7) is 0. The second kappa shape index (κ2) is 4.17. The van der Waals surface area contributed by atoms with Gasteiger partial charge >= 0.3 is 0 Å². The summed E-state index contributed by atoms with van der Waals surface area (Å²) in [5.41, 5.74) is 5.81. The lowest BCUT2D eigenvalue weighted by Gasteiger charge is -2.43. The van der Waals surface area contributed by atoms with E-state index in [2.05, 4.69) is 11.9 Å². The predicted molar refractivity (Wildman–Crippen MR) is 57.2 cm³/mol. The summed E-state index contributed by atoms with van der Waals surface area (Å²) in [5, 5.41) is 0. The average molecular weight is 198 g/mol. The lowest BCUT2D eigenvalue weighted by atomic mass is 9.85. The highest BCUT2D eigenvalue weighted by Gasteiger charge is 2.37. The smallest absolute Gasteiger partial charge is 0.0726 e. The third-order valence-electron chi connectivity index (χ3n) is 3.97. The van der Waals surface area contributed by atoms with E-state index in [1.165, 1.54) is 32.1 Å². The number of hydrogen-bond donors (Lipinski definition) is 1. The van der Waals surface area contributed by atoms with Crippen molar-refractivity contribution in [2.45, 2.75) is 56.3 Å². The van der Waals surface area contributed by atoms with Crippen LogP contribution in [0, 0.1) is 0 Å². The first-order valence-electron chi connectivity index (χ1n) is 5.72. The summed E-state index contributed by atoms with van der Waals surface area (Å²) in [7, 11) is 4.07. The molecular weight excluding hydrogens is 176 g/mol. The molecule has 14 heavy (non-hydrogen) atoms. The van der Waals surface area contributed by atoms with Gasteiger partial charge in [0.1, 0.15) is 0 Å². The average Bonchev–Trinajstić information content (AvgIpc) is 2.59. The molecule has 0 aromatic rings. The Morgan fingerprint density at radius 2 is 2.00 bits per heavy atom. The van der Waals surface area contributed by atoms with Crippen LogP contribution in [0.15, 0.2) is 0 Å². The molecule has 2 fully saturated rings. The Labute approximate surface area is 86.6 Å². The van der Waals surface area contributed by atoms with Gasteiger partial charge in [-0.1, -0.05) is 0 Å². The van der Waals surface area contributed by atoms with Crippen LogP contribution in [0.2, 0.25) is 0 Å². The fraction of sp³-hybridized carbons (Fsp3) is 1.00. The van der Waals surface area contributed by atoms with Gasteiger partial charge in [0.15, 0.2) is 0 Å². The second-order valence-corrected chi connectivity index (χ2v) is 4.82. The first-order chi connectivity index (χ1) is 6.72. The van der Waals surface area contributed by atoms with Gasteiger partial charge in [0.2, 0.25) is 0 Å². The van der Waals surface area contributed by atoms with Gasteiger partial charge in [0.25, 0.3) is 0 Å². The molecule has 0 amide bonds. The third kappa shape index (κ3) is 1.81. The fourth-order valence-corrected chi connectivity index (χ4v) is 2.88. The van der Waals surface area contributed by atoms with Gasteiger partial charge in [0.05, 0.1) is 6.10 Å². The van der Waals surface area contributed by atoms with E-state index in [-0.39, 0.29) is 0 Å². The molecule has 2 atom stereocenters. The summed E-state index contributed by atoms with van der Waals surface area (Å²) >= 11 is 0. The highest BCUT2D eigenvalue weighted by molar-refractivity contribution is 4.94. The van der Waals surface area contributed by atoms with Crippen LogP contribution in [0.3, 0.4) is 0 Å². The minimum atomic E-state index is 0.449. The van der Waals surface area contributed by atoms with E-state index in [0.29, 0.717) is 24.2 Å². The van der Waals surface area contributed by atoms with Crippen LogP contribution in [0.25, 0.3) is 0 Å². The van der Waals surface area contributed by atoms with Crippen molar-refractivity contribution in [1.29, 1.82) is 0 Å². The van der Waals surface area contributed by atoms with Crippen molar-refractivity contribution in [3.05, 3.63) is 0 Å². The first-order valence-corrected chi connectivity index (χ1v) is 5.72. The zero-order valence-corrected chi connectivity index (χ0v) is 9.28. The zero-order valence-electron chi connectivity index (χ0n) is 9.28. The maximum absolute atomic E-state index is 5.81. The topological polar surface area (TPSA) is 38.5 Å². The fourth-order valence-electron chi connectivity index (χ4n) is 2.88. The molecule has 2 saturated carbocycles. The Kier molecular flexibility index (Phi) is 3.10. The summed E-state index contributed by atoms with van der Waals surface area (Å²) < 4.78 is 5.52. The number of nitrogens with two attached hydrogens (primary N) is 1. The van der Waals surface area contributed by atoms with E-state index >= 15 is 0 Å². The molecule has 2 unspecified atom stereocenters. The molecule has 0 aromatic heterocycles. The Morgan fingerprint density at radius 3 is 2.57 bits per heavy atom. The summed E-state index contributed by atoms with van der Waals surface area (Å²) in [5.74, 6) is 0. The Morgan fingerprint density at radius 1 is 1.29 bits per heavy atom. The summed E-state index contributed by atoms with van der Waals surface area (Å²) in [6, 6.07) is 1.80. The van der Waals surface area contributed by atoms with Gasteiger partial charge in [-0.15, -0.1) is 0 Å². The second-order valence-electron chi connectivity index (χ2n) is 4.82. The lowest BCUT2D eigenvalue weighted by Crippen LogP contribution is -2.54. The maximum atomic E-state index is 5.81. The van der Waals surface area contributed by atoms with Gasteiger partial charge in [-0.05, 0) is 39.2 Å². The van der Waals surface area contributed by atoms with Crippen LogP contribution in [0.4, 0.5) is 0 Å². The van der Waals surface area contributed by atoms with E-state index in [4.69, 9.17) is 10.5 Å². The Hall–Kier alpha value is -0.120. The molecule has 2 rings (SSSR count). The lowest BCUT2D eigenvalue weighted by molar-refractivity contribution is 0.00600. The van der Waals surface area contributed by atoms with E-state index in [1.807, 2.05) is 7.11 Å². The predicted octanol–water partition coefficient (Wildman–Crippen LogP) is 0.975. The first kappa shape index (κ1) is 10.4. The molecule has 0 saturated heterocycles. The van der Waals surface area contributed by atoms with Crippen molar-refractivity contribution in [2.24, 2.45) is 5.73 Å². The number of hydrogen-bond acceptors (Lipinski definition) is 3. The molecule has 0 heterocycles. The van der Waals surface area contributed by atoms with Gasteiger partial charge < -0.3 is 10.5 Å². The third-order valence-corrected chi connectivity index (χ3v) is 3.97. The zero-order chi connectivity index (χ0) is 10.1. The molecule has 0 radical (unpaired) electrons. The number of ether oxygens (including phenoxy) is 1. The van der Waals surface area contributed by atoms with E-state index < -0.39 is 0 Å². The Bertz CT molecular complexity index is 192. The molecule has 0 bridgehead atoms. The van der Waals surface area contributed by atoms with Gasteiger partial charge in [-0.25, -0.2) is 0 Å². The molecule has 0 aliphatic heterocycles. The van der Waals surface area contributed by atoms with E-state index in [0.717, 1.165) is 0 Å². The number of rotatable bonds is 3. The van der Waals surface area contributed by atoms with Crippen molar-refractivity contribution in [2.75, 3.05) is 14.2 Å². The summed E-state index contributed by atoms with van der Waals surface area (Å²) in [6.07, 6.45) is 6.63. The molecule has 2 N–H and O–H groups in total. The normalized spacial score (nSPS) is 42.9. The van der Waals surface area contributed by atoms with E-state index in [1.54, 1.807) is 0 Å². The molecule has 82 valence electrons. The molecule has 3 heteroatoms. The molecule has 2 aliphatic rings. The maximum Gasteiger partial charge on any atom is 0.0726 e. The minimum absolute atomic E-state index is 0.449. The van der Waals surface area contributed by atoms with E-state index in [9.17, 15) is 0 Å². The Balaban J connectivity index is 1.87. The highest BCUT2D eigenvalue weighted by atomic mass is 16.5. The van der Waals surface area contributed by atoms with Gasteiger partial charge in [-0.3, -0.25) is 4.90 Å². The SMILES string of the molecule is COC1CCCC1N(C)C1CC(N)C1. The number of likely N-dealkylation sites (N-methyl/N-ethyl adjacent to an activating group) is 1. The van der Waals surface area contributed by atoms with Crippen LogP contribution < -0.4 is 5.73 Å². The van der Waals surface area contributed by atoms with Crippen molar-refractivity contribution < 1.29 is 4.74 Å². The monoisotopic (exact) mass is 198 g/mol. The van der Waals surface area contributed by atoms with Crippen molar-refractivity contribution in [3.63, 3.8) is 0 Å². The summed E-state index contributed by atoms with van der Waals surface area (Å²) in [4.78, 5) is 2.50. The quantitative estimate of drug-likeness (QED) is 0.734. The number of nitrogens with zero attached hydrogens (tertiary/aromatic N) is 1. The van der Waals surface area contributed by atoms with Crippen molar-refractivity contribution in [1.82, 2.24) is 4.90 Å². The highest BCUT2D eigenvalue weighted by Crippen LogP contribution is 2.32. The number of methoxy groups -OCH3 is 1. The van der Waals surface area contributed by atoms with Crippen LogP contribution in [-0.2, 0) is 4.74 Å². The molecule has 3 nitrogen and oxygen atoms in total. The standard InChI is InChI=1S/C11H22N2O/c1-13(9-6-8(12)7-9)10-4-3-5-11(10)14-2/h8-11H,3-7,12H2,1-2H3. The van der Waals surface area contributed by atoms with Crippen LogP contribution in [0.1, 0.15) is 32.1 Å². The van der Waals surface area contributed by atoms with Crippen LogP contribution in [-0.4, -0.2) is 43.3 Å². The van der Waals surface area contributed by atoms with Crippen molar-refractivity contribution >= 4 is 0 Å². The van der Waals surface area contributed by atoms with Crippen LogP contribution >= 0.6 is 0 Å². The van der Waals surface area contributed by atoms with Crippen LogP contribution in [0.5, 0.6) is 0 Å². The molecule has 2 aliphatic carbocycles. The minimum Gasteiger partial charge on any atom is -0.380 e. The van der Waals surface area contributed by atoms with Crippen molar-refractivity contribution in [3.8, 4) is 0 Å². The van der Waals surface area contributed by atoms with Gasteiger partial charge in [0, 0.05) is 25.2 Å². The molecular formula is C11H22N2O. The largest absolute Gasteiger partial charge is 0.380 e. The molecule has 0 spiro atoms.